The van der Waals surface area contributed by atoms with Crippen LogP contribution in [0.2, 0.25) is 0 Å². The van der Waals surface area contributed by atoms with Gasteiger partial charge in [0, 0.05) is 28.8 Å². The second kappa shape index (κ2) is 9.69. The summed E-state index contributed by atoms with van der Waals surface area (Å²) in [6.07, 6.45) is 3.48. The molecular weight excluding hydrogens is 400 g/mol. The van der Waals surface area contributed by atoms with E-state index in [0.717, 1.165) is 34.3 Å². The molecule has 32 heavy (non-hydrogen) atoms. The van der Waals surface area contributed by atoms with E-state index >= 15 is 0 Å². The summed E-state index contributed by atoms with van der Waals surface area (Å²) in [5.41, 5.74) is 4.87. The highest BCUT2D eigenvalue weighted by molar-refractivity contribution is 5.83. The molecule has 0 unspecified atom stereocenters. The Morgan fingerprint density at radius 1 is 0.781 bits per heavy atom. The fourth-order valence-electron chi connectivity index (χ4n) is 3.64. The first kappa shape index (κ1) is 21.6. The summed E-state index contributed by atoms with van der Waals surface area (Å²) >= 11 is 0. The molecule has 0 saturated heterocycles. The lowest BCUT2D eigenvalue weighted by Gasteiger charge is -2.13. The molecule has 0 aliphatic carbocycles. The van der Waals surface area contributed by atoms with Crippen molar-refractivity contribution in [2.45, 2.75) is 33.1 Å². The van der Waals surface area contributed by atoms with Crippen LogP contribution in [-0.2, 0) is 6.42 Å². The molecule has 164 valence electrons. The Bertz CT molecular complexity index is 1220. The van der Waals surface area contributed by atoms with Gasteiger partial charge in [-0.2, -0.15) is 0 Å². The first-order valence-electron chi connectivity index (χ1n) is 10.9. The number of benzene rings is 2. The first-order valence-corrected chi connectivity index (χ1v) is 10.9. The van der Waals surface area contributed by atoms with Crippen molar-refractivity contribution in [2.75, 3.05) is 14.2 Å². The summed E-state index contributed by atoms with van der Waals surface area (Å²) in [6.45, 7) is 4.19. The van der Waals surface area contributed by atoms with Crippen molar-refractivity contribution in [3.63, 3.8) is 0 Å². The zero-order valence-electron chi connectivity index (χ0n) is 19.0. The predicted molar refractivity (Wildman–Crippen MR) is 128 cm³/mol. The fourth-order valence-corrected chi connectivity index (χ4v) is 3.64. The molecule has 4 aromatic rings. The number of aryl methyl sites for hydroxylation is 2. The number of methoxy groups -OCH3 is 2. The Kier molecular flexibility index (Phi) is 6.55. The molecule has 2 aromatic heterocycles. The SMILES string of the molecule is CCCCc1ccc(-c2nc(C)ccc2Oc2ccc3cc(OC)c(OC)cc3n2)cc1. The molecule has 2 aromatic carbocycles. The molecule has 0 bridgehead atoms. The zero-order valence-corrected chi connectivity index (χ0v) is 19.0. The van der Waals surface area contributed by atoms with Gasteiger partial charge in [0.15, 0.2) is 17.2 Å². The first-order chi connectivity index (χ1) is 15.6. The third-order valence-electron chi connectivity index (χ3n) is 5.43. The van der Waals surface area contributed by atoms with E-state index in [4.69, 9.17) is 19.2 Å². The monoisotopic (exact) mass is 428 g/mol. The Morgan fingerprint density at radius 2 is 1.53 bits per heavy atom. The van der Waals surface area contributed by atoms with Crippen LogP contribution >= 0.6 is 0 Å². The number of unbranched alkanes of at least 4 members (excludes halogenated alkanes) is 1. The molecule has 0 N–H and O–H groups in total. The molecule has 4 rings (SSSR count). The molecule has 0 saturated carbocycles. The summed E-state index contributed by atoms with van der Waals surface area (Å²) in [4.78, 5) is 9.43. The third-order valence-corrected chi connectivity index (χ3v) is 5.43. The second-order valence-electron chi connectivity index (χ2n) is 7.75. The Labute approximate surface area is 189 Å². The van der Waals surface area contributed by atoms with E-state index in [1.54, 1.807) is 14.2 Å². The number of hydrogen-bond acceptors (Lipinski definition) is 5. The van der Waals surface area contributed by atoms with Crippen molar-refractivity contribution in [3.8, 4) is 34.4 Å². The van der Waals surface area contributed by atoms with Gasteiger partial charge in [0.1, 0.15) is 5.69 Å². The highest BCUT2D eigenvalue weighted by atomic mass is 16.5. The van der Waals surface area contributed by atoms with Crippen LogP contribution in [0.5, 0.6) is 23.1 Å². The van der Waals surface area contributed by atoms with Crippen molar-refractivity contribution in [3.05, 3.63) is 71.9 Å². The fraction of sp³-hybridized carbons (Fsp3) is 0.259. The maximum absolute atomic E-state index is 6.21. The van der Waals surface area contributed by atoms with Crippen LogP contribution < -0.4 is 14.2 Å². The minimum absolute atomic E-state index is 0.496. The van der Waals surface area contributed by atoms with Crippen molar-refractivity contribution >= 4 is 10.9 Å². The average Bonchev–Trinajstić information content (AvgIpc) is 2.83. The number of aromatic nitrogens is 2. The van der Waals surface area contributed by atoms with E-state index in [9.17, 15) is 0 Å². The number of nitrogens with zero attached hydrogens (tertiary/aromatic N) is 2. The average molecular weight is 429 g/mol. The van der Waals surface area contributed by atoms with Gasteiger partial charge in [-0.25, -0.2) is 9.97 Å². The molecule has 0 atom stereocenters. The van der Waals surface area contributed by atoms with E-state index in [-0.39, 0.29) is 0 Å². The van der Waals surface area contributed by atoms with E-state index < -0.39 is 0 Å². The lowest BCUT2D eigenvalue weighted by Crippen LogP contribution is -1.96. The highest BCUT2D eigenvalue weighted by Gasteiger charge is 2.13. The van der Waals surface area contributed by atoms with Gasteiger partial charge in [-0.05, 0) is 49.6 Å². The lowest BCUT2D eigenvalue weighted by molar-refractivity contribution is 0.355. The molecule has 5 heteroatoms. The second-order valence-corrected chi connectivity index (χ2v) is 7.75. The van der Waals surface area contributed by atoms with Crippen LogP contribution in [0.4, 0.5) is 0 Å². The predicted octanol–water partition coefficient (Wildman–Crippen LogP) is 6.76. The number of ether oxygens (including phenoxy) is 3. The number of pyridine rings is 2. The van der Waals surface area contributed by atoms with Gasteiger partial charge in [-0.3, -0.25) is 0 Å². The van der Waals surface area contributed by atoms with Crippen molar-refractivity contribution in [1.82, 2.24) is 9.97 Å². The molecule has 5 nitrogen and oxygen atoms in total. The quantitative estimate of drug-likeness (QED) is 0.310. The van der Waals surface area contributed by atoms with Crippen LogP contribution in [0.1, 0.15) is 31.0 Å². The topological polar surface area (TPSA) is 53.5 Å². The van der Waals surface area contributed by atoms with Crippen LogP contribution in [-0.4, -0.2) is 24.2 Å². The standard InChI is InChI=1S/C27H28N2O3/c1-5-6-7-19-9-11-20(12-10-19)27-23(14-8-18(2)28-27)32-26-15-13-21-16-24(30-3)25(31-4)17-22(21)29-26/h8-17H,5-7H2,1-4H3. The van der Waals surface area contributed by atoms with Crippen molar-refractivity contribution in [1.29, 1.82) is 0 Å². The molecule has 0 aliphatic heterocycles. The van der Waals surface area contributed by atoms with Crippen LogP contribution in [0.15, 0.2) is 60.7 Å². The van der Waals surface area contributed by atoms with Crippen molar-refractivity contribution < 1.29 is 14.2 Å². The summed E-state index contributed by atoms with van der Waals surface area (Å²) in [6, 6.07) is 20.0. The summed E-state index contributed by atoms with van der Waals surface area (Å²) in [5, 5.41) is 0.944. The number of rotatable bonds is 8. The minimum Gasteiger partial charge on any atom is -0.493 e. The van der Waals surface area contributed by atoms with Crippen LogP contribution in [0.3, 0.4) is 0 Å². The molecule has 0 radical (unpaired) electrons. The Morgan fingerprint density at radius 3 is 2.25 bits per heavy atom. The molecule has 0 fully saturated rings. The van der Waals surface area contributed by atoms with Gasteiger partial charge in [0.05, 0.1) is 19.7 Å². The molecule has 0 aliphatic rings. The molecule has 0 spiro atoms. The van der Waals surface area contributed by atoms with Crippen LogP contribution in [0.25, 0.3) is 22.2 Å². The lowest BCUT2D eigenvalue weighted by atomic mass is 10.0. The smallest absolute Gasteiger partial charge is 0.219 e. The summed E-state index contributed by atoms with van der Waals surface area (Å²) < 4.78 is 17.0. The third kappa shape index (κ3) is 4.67. The number of hydrogen-bond donors (Lipinski definition) is 0. The van der Waals surface area contributed by atoms with Gasteiger partial charge >= 0.3 is 0 Å². The zero-order chi connectivity index (χ0) is 22.5. The normalized spacial score (nSPS) is 10.9. The summed E-state index contributed by atoms with van der Waals surface area (Å²) in [7, 11) is 3.23. The van der Waals surface area contributed by atoms with E-state index in [2.05, 4.69) is 36.2 Å². The Hall–Kier alpha value is -3.60. The maximum Gasteiger partial charge on any atom is 0.219 e. The molecule has 2 heterocycles. The van der Waals surface area contributed by atoms with Gasteiger partial charge < -0.3 is 14.2 Å². The molecule has 0 amide bonds. The van der Waals surface area contributed by atoms with Crippen molar-refractivity contribution in [2.24, 2.45) is 0 Å². The van der Waals surface area contributed by atoms with Gasteiger partial charge in [-0.15, -0.1) is 0 Å². The Balaban J connectivity index is 1.66. The largest absolute Gasteiger partial charge is 0.493 e. The summed E-state index contributed by atoms with van der Waals surface area (Å²) in [5.74, 6) is 2.47. The van der Waals surface area contributed by atoms with Gasteiger partial charge in [0.2, 0.25) is 5.88 Å². The maximum atomic E-state index is 6.21. The highest BCUT2D eigenvalue weighted by Crippen LogP contribution is 2.35. The van der Waals surface area contributed by atoms with Gasteiger partial charge in [0.25, 0.3) is 0 Å². The van der Waals surface area contributed by atoms with E-state index in [0.29, 0.717) is 23.1 Å². The number of fused-ring (bicyclic) bond motifs is 1. The van der Waals surface area contributed by atoms with E-state index in [1.165, 1.54) is 18.4 Å². The minimum atomic E-state index is 0.496. The van der Waals surface area contributed by atoms with Gasteiger partial charge in [-0.1, -0.05) is 37.6 Å². The van der Waals surface area contributed by atoms with E-state index in [1.807, 2.05) is 43.3 Å². The van der Waals surface area contributed by atoms with Crippen LogP contribution in [0, 0.1) is 6.92 Å². The molecular formula is C27H28N2O3.